The van der Waals surface area contributed by atoms with Crippen LogP contribution >= 0.6 is 0 Å². The summed E-state index contributed by atoms with van der Waals surface area (Å²) in [6, 6.07) is 13.5. The van der Waals surface area contributed by atoms with Gasteiger partial charge in [0.15, 0.2) is 5.82 Å². The summed E-state index contributed by atoms with van der Waals surface area (Å²) in [5.41, 5.74) is 0.716. The maximum atomic E-state index is 12.6. The molecule has 9 heteroatoms. The molecule has 0 saturated carbocycles. The predicted octanol–water partition coefficient (Wildman–Crippen LogP) is 6.85. The van der Waals surface area contributed by atoms with Gasteiger partial charge in [0.2, 0.25) is 0 Å². The minimum atomic E-state index is -0.625. The molecule has 0 aliphatic carbocycles. The lowest BCUT2D eigenvalue weighted by Crippen LogP contribution is -2.26. The van der Waals surface area contributed by atoms with E-state index in [0.29, 0.717) is 18.0 Å². The molecule has 2 aromatic carbocycles. The van der Waals surface area contributed by atoms with Crippen LogP contribution in [0.5, 0.6) is 11.5 Å². The molecule has 0 spiro atoms. The predicted molar refractivity (Wildman–Crippen MR) is 158 cm³/mol. The molecule has 0 aliphatic heterocycles. The van der Waals surface area contributed by atoms with Crippen molar-refractivity contribution in [1.29, 1.82) is 0 Å². The van der Waals surface area contributed by atoms with Crippen LogP contribution in [0, 0.1) is 5.92 Å². The molecule has 0 radical (unpaired) electrons. The quantitative estimate of drug-likeness (QED) is 0.115. The van der Waals surface area contributed by atoms with Crippen molar-refractivity contribution >= 4 is 17.9 Å². The molecule has 0 aliphatic rings. The summed E-state index contributed by atoms with van der Waals surface area (Å²) >= 11 is 0. The summed E-state index contributed by atoms with van der Waals surface area (Å²) < 4.78 is 21.8. The van der Waals surface area contributed by atoms with Crippen molar-refractivity contribution in [3.8, 4) is 22.9 Å². The van der Waals surface area contributed by atoms with E-state index in [9.17, 15) is 14.4 Å². The van der Waals surface area contributed by atoms with Gasteiger partial charge < -0.3 is 18.9 Å². The fourth-order valence-electron chi connectivity index (χ4n) is 3.85. The zero-order valence-corrected chi connectivity index (χ0v) is 25.1. The first-order valence-electron chi connectivity index (χ1n) is 14.3. The fourth-order valence-corrected chi connectivity index (χ4v) is 3.85. The van der Waals surface area contributed by atoms with E-state index in [1.807, 2.05) is 24.3 Å². The van der Waals surface area contributed by atoms with E-state index in [0.717, 1.165) is 24.2 Å². The molecular formula is C33H40N2O7. The van der Waals surface area contributed by atoms with E-state index < -0.39 is 17.5 Å². The summed E-state index contributed by atoms with van der Waals surface area (Å²) in [5, 5.41) is 0. The zero-order chi connectivity index (χ0) is 30.5. The van der Waals surface area contributed by atoms with Gasteiger partial charge in [-0.15, -0.1) is 0 Å². The summed E-state index contributed by atoms with van der Waals surface area (Å²) in [4.78, 5) is 45.5. The Hall–Kier alpha value is -4.27. The maximum Gasteiger partial charge on any atom is 0.346 e. The van der Waals surface area contributed by atoms with E-state index in [1.165, 1.54) is 49.5 Å². The molecule has 0 saturated heterocycles. The molecule has 0 amide bonds. The molecule has 1 aromatic heterocycles. The number of hydrogen-bond donors (Lipinski definition) is 0. The van der Waals surface area contributed by atoms with E-state index in [1.54, 1.807) is 27.7 Å². The van der Waals surface area contributed by atoms with Crippen molar-refractivity contribution in [3.05, 3.63) is 72.1 Å². The number of carbonyl (C=O) groups excluding carboxylic acids is 3. The molecule has 3 aromatic rings. The monoisotopic (exact) mass is 576 g/mol. The van der Waals surface area contributed by atoms with Gasteiger partial charge in [-0.25, -0.2) is 19.6 Å². The summed E-state index contributed by atoms with van der Waals surface area (Å²) in [6.07, 6.45) is 7.57. The number of hydrogen-bond acceptors (Lipinski definition) is 9. The second-order valence-electron chi connectivity index (χ2n) is 11.1. The van der Waals surface area contributed by atoms with E-state index in [-0.39, 0.29) is 36.2 Å². The van der Waals surface area contributed by atoms with Gasteiger partial charge in [-0.1, -0.05) is 33.1 Å². The first-order chi connectivity index (χ1) is 20.0. The molecule has 0 bridgehead atoms. The number of benzene rings is 2. The van der Waals surface area contributed by atoms with E-state index in [4.69, 9.17) is 18.9 Å². The number of ether oxygens (including phenoxy) is 4. The van der Waals surface area contributed by atoms with Gasteiger partial charge in [0, 0.05) is 23.9 Å². The van der Waals surface area contributed by atoms with Crippen LogP contribution in [0.4, 0.5) is 0 Å². The number of rotatable bonds is 14. The molecular weight excluding hydrogens is 536 g/mol. The number of nitrogens with zero attached hydrogens (tertiary/aromatic N) is 2. The first kappa shape index (κ1) is 32.2. The van der Waals surface area contributed by atoms with Crippen molar-refractivity contribution in [2.45, 2.75) is 72.3 Å². The van der Waals surface area contributed by atoms with Gasteiger partial charge in [-0.3, -0.25) is 4.79 Å². The molecule has 42 heavy (non-hydrogen) atoms. The van der Waals surface area contributed by atoms with Crippen molar-refractivity contribution in [2.24, 2.45) is 5.92 Å². The van der Waals surface area contributed by atoms with Crippen LogP contribution in [0.15, 0.2) is 60.9 Å². The molecule has 3 rings (SSSR count). The smallest absolute Gasteiger partial charge is 0.346 e. The SMILES string of the molecule is CCCCCCOc1ccc(-c2ncc(C(=O)Oc3ccc(C(=O)OC[C@@H](C)CC(=O)OC(C)(C)C)cc3)cn2)cc1. The maximum absolute atomic E-state index is 12.6. The van der Waals surface area contributed by atoms with Gasteiger partial charge in [-0.05, 0) is 75.7 Å². The topological polar surface area (TPSA) is 114 Å². The molecule has 1 heterocycles. The Bertz CT molecular complexity index is 1300. The normalized spacial score (nSPS) is 11.8. The first-order valence-corrected chi connectivity index (χ1v) is 14.3. The van der Waals surface area contributed by atoms with Crippen LogP contribution in [0.2, 0.25) is 0 Å². The Morgan fingerprint density at radius 3 is 2.07 bits per heavy atom. The minimum Gasteiger partial charge on any atom is -0.494 e. The highest BCUT2D eigenvalue weighted by Crippen LogP contribution is 2.21. The van der Waals surface area contributed by atoms with Crippen LogP contribution in [0.3, 0.4) is 0 Å². The number of carbonyl (C=O) groups is 3. The zero-order valence-electron chi connectivity index (χ0n) is 25.1. The summed E-state index contributed by atoms with van der Waals surface area (Å²) in [5.74, 6) is -0.184. The molecule has 9 nitrogen and oxygen atoms in total. The average Bonchev–Trinajstić information content (AvgIpc) is 2.95. The molecule has 0 fully saturated rings. The number of unbranched alkanes of at least 4 members (excludes halogenated alkanes) is 3. The Morgan fingerprint density at radius 1 is 0.810 bits per heavy atom. The van der Waals surface area contributed by atoms with Gasteiger partial charge in [-0.2, -0.15) is 0 Å². The highest BCUT2D eigenvalue weighted by Gasteiger charge is 2.20. The van der Waals surface area contributed by atoms with Crippen LogP contribution < -0.4 is 9.47 Å². The number of aromatic nitrogens is 2. The second kappa shape index (κ2) is 15.7. The van der Waals surface area contributed by atoms with Crippen LogP contribution in [0.1, 0.15) is 87.4 Å². The Balaban J connectivity index is 1.46. The van der Waals surface area contributed by atoms with Gasteiger partial charge in [0.05, 0.1) is 30.8 Å². The average molecular weight is 577 g/mol. The van der Waals surface area contributed by atoms with Gasteiger partial charge >= 0.3 is 17.9 Å². The highest BCUT2D eigenvalue weighted by atomic mass is 16.6. The Labute approximate surface area is 247 Å². The molecule has 224 valence electrons. The van der Waals surface area contributed by atoms with Crippen LogP contribution in [-0.4, -0.2) is 46.7 Å². The van der Waals surface area contributed by atoms with Gasteiger partial charge in [0.25, 0.3) is 0 Å². The van der Waals surface area contributed by atoms with E-state index in [2.05, 4.69) is 16.9 Å². The second-order valence-corrected chi connectivity index (χ2v) is 11.1. The van der Waals surface area contributed by atoms with Crippen LogP contribution in [0.25, 0.3) is 11.4 Å². The third kappa shape index (κ3) is 11.0. The lowest BCUT2D eigenvalue weighted by atomic mass is 10.1. The minimum absolute atomic E-state index is 0.0713. The third-order valence-electron chi connectivity index (χ3n) is 6.00. The third-order valence-corrected chi connectivity index (χ3v) is 6.00. The van der Waals surface area contributed by atoms with Crippen molar-refractivity contribution in [1.82, 2.24) is 9.97 Å². The van der Waals surface area contributed by atoms with Crippen molar-refractivity contribution in [2.75, 3.05) is 13.2 Å². The molecule has 0 N–H and O–H groups in total. The van der Waals surface area contributed by atoms with E-state index >= 15 is 0 Å². The Morgan fingerprint density at radius 2 is 1.45 bits per heavy atom. The fraction of sp³-hybridized carbons (Fsp3) is 0.424. The molecule has 1 atom stereocenters. The largest absolute Gasteiger partial charge is 0.494 e. The molecule has 0 unspecified atom stereocenters. The number of esters is 3. The highest BCUT2D eigenvalue weighted by molar-refractivity contribution is 5.91. The van der Waals surface area contributed by atoms with Crippen molar-refractivity contribution in [3.63, 3.8) is 0 Å². The lowest BCUT2D eigenvalue weighted by molar-refractivity contribution is -0.156. The standard InChI is InChI=1S/C33H40N2O7/c1-6-7-8-9-18-39-27-14-10-24(11-15-27)30-34-20-26(21-35-30)32(38)41-28-16-12-25(13-17-28)31(37)40-22-23(2)19-29(36)42-33(3,4)5/h10-17,20-21,23H,6-9,18-19,22H2,1-5H3/t23-/m0/s1. The summed E-state index contributed by atoms with van der Waals surface area (Å²) in [6.45, 7) is 10.1. The lowest BCUT2D eigenvalue weighted by Gasteiger charge is -2.20. The van der Waals surface area contributed by atoms with Crippen LogP contribution in [-0.2, 0) is 14.3 Å². The van der Waals surface area contributed by atoms with Gasteiger partial charge in [0.1, 0.15) is 17.1 Å². The van der Waals surface area contributed by atoms with Crippen molar-refractivity contribution < 1.29 is 33.3 Å². The summed E-state index contributed by atoms with van der Waals surface area (Å²) in [7, 11) is 0. The Kier molecular flexibility index (Phi) is 12.0.